The monoisotopic (exact) mass is 584 g/mol. The standard InChI is InChI=1S/C26H18ClFN4O5S2/c27-22-10-11-23(38-22)39(36,37)31-24(33)16-2-1-3-19(12-16)32-25(34)20-9-8-18(13-21(20)30-26(32)35)29-14-15-4-6-17(28)7-5-15/h1-13,29H,14H2,(H,30,35)(H,31,33). The lowest BCUT2D eigenvalue weighted by atomic mass is 10.1. The molecular weight excluding hydrogens is 567 g/mol. The van der Waals surface area contributed by atoms with Crippen LogP contribution < -0.4 is 21.3 Å². The van der Waals surface area contributed by atoms with Crippen molar-refractivity contribution >= 4 is 55.5 Å². The van der Waals surface area contributed by atoms with Gasteiger partial charge < -0.3 is 10.3 Å². The summed E-state index contributed by atoms with van der Waals surface area (Å²) < 4.78 is 41.0. The molecule has 3 N–H and O–H groups in total. The highest BCUT2D eigenvalue weighted by atomic mass is 35.5. The van der Waals surface area contributed by atoms with E-state index in [0.29, 0.717) is 17.7 Å². The minimum atomic E-state index is -4.16. The highest BCUT2D eigenvalue weighted by molar-refractivity contribution is 7.92. The molecule has 0 saturated carbocycles. The molecule has 0 atom stereocenters. The zero-order valence-electron chi connectivity index (χ0n) is 19.8. The summed E-state index contributed by atoms with van der Waals surface area (Å²) in [5.41, 5.74) is 0.387. The predicted molar refractivity (Wildman–Crippen MR) is 148 cm³/mol. The summed E-state index contributed by atoms with van der Waals surface area (Å²) in [6.07, 6.45) is 0. The Morgan fingerprint density at radius 2 is 1.77 bits per heavy atom. The van der Waals surface area contributed by atoms with Gasteiger partial charge in [-0.05, 0) is 66.2 Å². The van der Waals surface area contributed by atoms with Gasteiger partial charge in [0.05, 0.1) is 20.9 Å². The number of fused-ring (bicyclic) bond motifs is 1. The third-order valence-electron chi connectivity index (χ3n) is 5.71. The number of aromatic amines is 1. The number of H-pyrrole nitrogens is 1. The number of hydrogen-bond acceptors (Lipinski definition) is 7. The topological polar surface area (TPSA) is 130 Å². The molecule has 0 saturated heterocycles. The van der Waals surface area contributed by atoms with Gasteiger partial charge >= 0.3 is 5.69 Å². The number of amides is 1. The van der Waals surface area contributed by atoms with E-state index in [4.69, 9.17) is 11.6 Å². The fraction of sp³-hybridized carbons (Fsp3) is 0.0385. The van der Waals surface area contributed by atoms with Crippen LogP contribution in [0.5, 0.6) is 0 Å². The van der Waals surface area contributed by atoms with Crippen molar-refractivity contribution in [2.75, 3.05) is 5.32 Å². The summed E-state index contributed by atoms with van der Waals surface area (Å²) in [4.78, 5) is 41.5. The van der Waals surface area contributed by atoms with Gasteiger partial charge in [0.2, 0.25) is 0 Å². The first-order valence-corrected chi connectivity index (χ1v) is 14.0. The molecule has 0 aliphatic carbocycles. The summed E-state index contributed by atoms with van der Waals surface area (Å²) in [7, 11) is -4.16. The van der Waals surface area contributed by atoms with Crippen LogP contribution in [0.2, 0.25) is 4.34 Å². The number of hydrogen-bond donors (Lipinski definition) is 3. The number of aromatic nitrogens is 2. The van der Waals surface area contributed by atoms with Gasteiger partial charge in [-0.25, -0.2) is 26.9 Å². The third kappa shape index (κ3) is 5.62. The zero-order chi connectivity index (χ0) is 27.7. The van der Waals surface area contributed by atoms with Crippen LogP contribution in [0.3, 0.4) is 0 Å². The zero-order valence-corrected chi connectivity index (χ0v) is 22.2. The molecule has 1 amide bonds. The van der Waals surface area contributed by atoms with Crippen molar-refractivity contribution < 1.29 is 17.6 Å². The highest BCUT2D eigenvalue weighted by Gasteiger charge is 2.21. The molecule has 0 aliphatic heterocycles. The quantitative estimate of drug-likeness (QED) is 0.262. The van der Waals surface area contributed by atoms with Crippen molar-refractivity contribution in [3.05, 3.63) is 121 Å². The second kappa shape index (κ2) is 10.5. The van der Waals surface area contributed by atoms with Crippen molar-refractivity contribution in [1.29, 1.82) is 0 Å². The Bertz CT molecular complexity index is 1950. The number of sulfonamides is 1. The van der Waals surface area contributed by atoms with Crippen LogP contribution in [0.4, 0.5) is 10.1 Å². The van der Waals surface area contributed by atoms with Gasteiger partial charge in [0.1, 0.15) is 10.0 Å². The van der Waals surface area contributed by atoms with Crippen LogP contribution >= 0.6 is 22.9 Å². The van der Waals surface area contributed by atoms with Crippen molar-refractivity contribution in [1.82, 2.24) is 14.3 Å². The Morgan fingerprint density at radius 3 is 2.49 bits per heavy atom. The summed E-state index contributed by atoms with van der Waals surface area (Å²) in [6, 6.07) is 19.0. The molecule has 9 nitrogen and oxygen atoms in total. The summed E-state index contributed by atoms with van der Waals surface area (Å²) in [5, 5.41) is 3.37. The largest absolute Gasteiger partial charge is 0.381 e. The predicted octanol–water partition coefficient (Wildman–Crippen LogP) is 4.26. The van der Waals surface area contributed by atoms with Crippen LogP contribution in [-0.2, 0) is 16.6 Å². The Hall–Kier alpha value is -4.26. The van der Waals surface area contributed by atoms with Crippen LogP contribution in [0.1, 0.15) is 15.9 Å². The Labute approximate surface area is 229 Å². The lowest BCUT2D eigenvalue weighted by Gasteiger charge is -2.11. The van der Waals surface area contributed by atoms with E-state index in [2.05, 4.69) is 10.3 Å². The van der Waals surface area contributed by atoms with Gasteiger partial charge in [-0.2, -0.15) is 0 Å². The smallest absolute Gasteiger partial charge is 0.333 e. The first kappa shape index (κ1) is 26.4. The number of halogens is 2. The summed E-state index contributed by atoms with van der Waals surface area (Å²) in [6.45, 7) is 0.400. The van der Waals surface area contributed by atoms with Crippen LogP contribution in [-0.4, -0.2) is 23.9 Å². The van der Waals surface area contributed by atoms with Crippen molar-refractivity contribution in [2.45, 2.75) is 10.8 Å². The van der Waals surface area contributed by atoms with Crippen LogP contribution in [0, 0.1) is 5.82 Å². The highest BCUT2D eigenvalue weighted by Crippen LogP contribution is 2.25. The van der Waals surface area contributed by atoms with Crippen molar-refractivity contribution in [3.63, 3.8) is 0 Å². The molecule has 13 heteroatoms. The Morgan fingerprint density at radius 1 is 1.00 bits per heavy atom. The van der Waals surface area contributed by atoms with Gasteiger partial charge in [0, 0.05) is 17.8 Å². The first-order valence-electron chi connectivity index (χ1n) is 11.3. The van der Waals surface area contributed by atoms with Gasteiger partial charge in [-0.3, -0.25) is 9.59 Å². The number of thiophene rings is 1. The lowest BCUT2D eigenvalue weighted by Crippen LogP contribution is -2.34. The molecule has 0 aliphatic rings. The van der Waals surface area contributed by atoms with Crippen molar-refractivity contribution in [2.24, 2.45) is 0 Å². The number of benzene rings is 3. The molecule has 0 bridgehead atoms. The third-order valence-corrected chi connectivity index (χ3v) is 8.77. The van der Waals surface area contributed by atoms with E-state index in [1.807, 2.05) is 4.72 Å². The van der Waals surface area contributed by atoms with E-state index in [1.165, 1.54) is 48.5 Å². The number of nitrogens with one attached hydrogen (secondary N) is 3. The molecule has 198 valence electrons. The lowest BCUT2D eigenvalue weighted by molar-refractivity contribution is 0.0981. The second-order valence-corrected chi connectivity index (χ2v) is 12.0. The number of carbonyl (C=O) groups is 1. The van der Waals surface area contributed by atoms with Crippen molar-refractivity contribution in [3.8, 4) is 5.69 Å². The minimum Gasteiger partial charge on any atom is -0.381 e. The van der Waals surface area contributed by atoms with Gasteiger partial charge in [-0.1, -0.05) is 29.8 Å². The van der Waals surface area contributed by atoms with Crippen LogP contribution in [0.25, 0.3) is 16.6 Å². The molecule has 0 unspecified atom stereocenters. The molecule has 2 aromatic heterocycles. The van der Waals surface area contributed by atoms with Gasteiger partial charge in [-0.15, -0.1) is 11.3 Å². The maximum Gasteiger partial charge on any atom is 0.333 e. The van der Waals surface area contributed by atoms with Gasteiger partial charge in [0.15, 0.2) is 0 Å². The maximum absolute atomic E-state index is 13.2. The van der Waals surface area contributed by atoms with E-state index >= 15 is 0 Å². The minimum absolute atomic E-state index is 0.0749. The summed E-state index contributed by atoms with van der Waals surface area (Å²) in [5.74, 6) is -1.28. The Kier molecular flexibility index (Phi) is 7.08. The SMILES string of the molecule is O=C(NS(=O)(=O)c1ccc(Cl)s1)c1cccc(-n2c(=O)[nH]c3cc(NCc4ccc(F)cc4)ccc3c2=O)c1. The molecular formula is C26H18ClFN4O5S2. The molecule has 5 rings (SSSR count). The Balaban J connectivity index is 1.42. The first-order chi connectivity index (χ1) is 18.6. The molecule has 5 aromatic rings. The molecule has 0 spiro atoms. The molecule has 39 heavy (non-hydrogen) atoms. The van der Waals surface area contributed by atoms with E-state index in [9.17, 15) is 27.2 Å². The fourth-order valence-corrected chi connectivity index (χ4v) is 6.29. The van der Waals surface area contributed by atoms with Gasteiger partial charge in [0.25, 0.3) is 21.5 Å². The molecule has 0 radical (unpaired) electrons. The average molecular weight is 585 g/mol. The molecule has 2 heterocycles. The van der Waals surface area contributed by atoms with Crippen LogP contribution in [0.15, 0.2) is 92.7 Å². The number of anilines is 1. The average Bonchev–Trinajstić information content (AvgIpc) is 3.35. The molecule has 0 fully saturated rings. The number of rotatable bonds is 7. The van der Waals surface area contributed by atoms with E-state index in [-0.39, 0.29) is 31.0 Å². The number of nitrogens with zero attached hydrogens (tertiary/aromatic N) is 1. The summed E-state index contributed by atoms with van der Waals surface area (Å²) >= 11 is 6.59. The molecule has 3 aromatic carbocycles. The maximum atomic E-state index is 13.2. The van der Waals surface area contributed by atoms with E-state index < -0.39 is 27.2 Å². The second-order valence-electron chi connectivity index (χ2n) is 8.35. The fourth-order valence-electron chi connectivity index (χ4n) is 3.83. The van der Waals surface area contributed by atoms with E-state index in [0.717, 1.165) is 21.5 Å². The normalized spacial score (nSPS) is 11.4. The number of carbonyl (C=O) groups excluding carboxylic acids is 1. The van der Waals surface area contributed by atoms with E-state index in [1.54, 1.807) is 30.3 Å².